The van der Waals surface area contributed by atoms with Crippen LogP contribution in [0, 0.1) is 23.2 Å². The van der Waals surface area contributed by atoms with Crippen LogP contribution in [0.3, 0.4) is 0 Å². The quantitative estimate of drug-likeness (QED) is 0.644. The van der Waals surface area contributed by atoms with Crippen molar-refractivity contribution < 1.29 is 9.53 Å². The molecule has 0 aromatic heterocycles. The van der Waals surface area contributed by atoms with Crippen molar-refractivity contribution in [3.05, 3.63) is 29.8 Å². The molecule has 4 fully saturated rings. The number of esters is 1. The van der Waals surface area contributed by atoms with E-state index in [0.29, 0.717) is 12.2 Å². The van der Waals surface area contributed by atoms with Crippen LogP contribution in [0.1, 0.15) is 48.9 Å². The molecule has 4 saturated carbocycles. The number of rotatable bonds is 4. The lowest BCUT2D eigenvalue weighted by Crippen LogP contribution is -2.48. The van der Waals surface area contributed by atoms with Crippen LogP contribution in [-0.2, 0) is 4.74 Å². The van der Waals surface area contributed by atoms with Crippen molar-refractivity contribution in [1.29, 1.82) is 0 Å². The van der Waals surface area contributed by atoms with Crippen LogP contribution in [0.4, 0.5) is 5.69 Å². The molecule has 1 aromatic carbocycles. The van der Waals surface area contributed by atoms with Gasteiger partial charge in [-0.2, -0.15) is 0 Å². The minimum Gasteiger partial charge on any atom is -0.462 e. The molecule has 0 aliphatic heterocycles. The third kappa shape index (κ3) is 3.14. The van der Waals surface area contributed by atoms with Crippen molar-refractivity contribution in [1.82, 2.24) is 0 Å². The van der Waals surface area contributed by atoms with Gasteiger partial charge in [0.05, 0.1) is 12.2 Å². The van der Waals surface area contributed by atoms with Gasteiger partial charge < -0.3 is 15.8 Å². The number of hydrogen-bond donors (Lipinski definition) is 2. The minimum atomic E-state index is -0.229. The Hall–Kier alpha value is -1.62. The molecule has 128 valence electrons. The minimum absolute atomic E-state index is 0.215. The molecule has 0 unspecified atom stereocenters. The summed E-state index contributed by atoms with van der Waals surface area (Å²) in [5.41, 5.74) is 7.06. The molecule has 5 rings (SSSR count). The second-order valence-electron chi connectivity index (χ2n) is 8.06. The normalized spacial score (nSPS) is 33.2. The summed E-state index contributed by atoms with van der Waals surface area (Å²) in [6.45, 7) is 0.586. The smallest absolute Gasteiger partial charge is 0.338 e. The van der Waals surface area contributed by atoms with Gasteiger partial charge in [0.25, 0.3) is 0 Å². The van der Waals surface area contributed by atoms with Gasteiger partial charge in [-0.3, -0.25) is 0 Å². The van der Waals surface area contributed by atoms with Crippen LogP contribution in [0.25, 0.3) is 0 Å². The van der Waals surface area contributed by atoms with E-state index < -0.39 is 0 Å². The monoisotopic (exact) mass is 344 g/mol. The highest BCUT2D eigenvalue weighted by Crippen LogP contribution is 2.60. The number of ether oxygens (including phenoxy) is 1. The average molecular weight is 344 g/mol. The highest BCUT2D eigenvalue weighted by Gasteiger charge is 2.51. The molecule has 0 spiro atoms. The summed E-state index contributed by atoms with van der Waals surface area (Å²) in [5.74, 6) is 2.40. The van der Waals surface area contributed by atoms with Crippen LogP contribution in [0.15, 0.2) is 24.3 Å². The molecule has 0 atom stereocenters. The number of nitrogens with one attached hydrogen (secondary N) is 1. The predicted octanol–water partition coefficient (Wildman–Crippen LogP) is 3.72. The van der Waals surface area contributed by atoms with Gasteiger partial charge in [-0.25, -0.2) is 4.79 Å². The highest BCUT2D eigenvalue weighted by molar-refractivity contribution is 7.80. The molecule has 3 N–H and O–H groups in total. The molecule has 0 saturated heterocycles. The summed E-state index contributed by atoms with van der Waals surface area (Å²) in [6, 6.07) is 7.09. The standard InChI is InChI=1S/C19H24N2O2S/c20-18(24)21-16-3-1-15(2-4-16)17(22)23-11-19-8-12-5-13(9-19)7-14(6-12)10-19/h1-4,12-14H,5-11H2,(H3,20,21,24). The van der Waals surface area contributed by atoms with Crippen LogP contribution >= 0.6 is 12.2 Å². The highest BCUT2D eigenvalue weighted by atomic mass is 32.1. The van der Waals surface area contributed by atoms with Gasteiger partial charge in [0.1, 0.15) is 0 Å². The first kappa shape index (κ1) is 15.9. The molecule has 4 aliphatic rings. The van der Waals surface area contributed by atoms with Gasteiger partial charge in [-0.05, 0) is 92.8 Å². The summed E-state index contributed by atoms with van der Waals surface area (Å²) in [4.78, 5) is 12.4. The molecule has 4 aliphatic carbocycles. The SMILES string of the molecule is NC(=S)Nc1ccc(C(=O)OCC23CC4CC(CC(C4)C2)C3)cc1. The first-order valence-corrected chi connectivity index (χ1v) is 9.26. The Morgan fingerprint density at radius 1 is 1.12 bits per heavy atom. The number of benzene rings is 1. The Morgan fingerprint density at radius 3 is 2.17 bits per heavy atom. The van der Waals surface area contributed by atoms with Gasteiger partial charge in [0.2, 0.25) is 0 Å². The van der Waals surface area contributed by atoms with E-state index in [4.69, 9.17) is 22.7 Å². The largest absolute Gasteiger partial charge is 0.462 e. The van der Waals surface area contributed by atoms with E-state index in [1.807, 2.05) is 0 Å². The molecular formula is C19H24N2O2S. The Balaban J connectivity index is 1.37. The fraction of sp³-hybridized carbons (Fsp3) is 0.579. The lowest BCUT2D eigenvalue weighted by Gasteiger charge is -2.56. The van der Waals surface area contributed by atoms with Gasteiger partial charge in [-0.15, -0.1) is 0 Å². The van der Waals surface area contributed by atoms with Crippen molar-refractivity contribution in [3.63, 3.8) is 0 Å². The zero-order valence-corrected chi connectivity index (χ0v) is 14.6. The first-order chi connectivity index (χ1) is 11.5. The molecule has 4 bridgehead atoms. The van der Waals surface area contributed by atoms with E-state index >= 15 is 0 Å². The summed E-state index contributed by atoms with van der Waals surface area (Å²) in [6.07, 6.45) is 7.98. The Kier molecular flexibility index (Phi) is 3.99. The molecule has 5 heteroatoms. The van der Waals surface area contributed by atoms with Crippen molar-refractivity contribution in [3.8, 4) is 0 Å². The van der Waals surface area contributed by atoms with Crippen LogP contribution in [0.5, 0.6) is 0 Å². The second kappa shape index (κ2) is 6.03. The second-order valence-corrected chi connectivity index (χ2v) is 8.50. The lowest BCUT2D eigenvalue weighted by atomic mass is 9.50. The van der Waals surface area contributed by atoms with E-state index in [-0.39, 0.29) is 16.5 Å². The van der Waals surface area contributed by atoms with Gasteiger partial charge in [0, 0.05) is 11.1 Å². The third-order valence-electron chi connectivity index (χ3n) is 6.06. The maximum absolute atomic E-state index is 12.4. The average Bonchev–Trinajstić information content (AvgIpc) is 2.51. The molecule has 0 amide bonds. The van der Waals surface area contributed by atoms with E-state index in [9.17, 15) is 4.79 Å². The van der Waals surface area contributed by atoms with Crippen molar-refractivity contribution in [2.45, 2.75) is 38.5 Å². The summed E-state index contributed by atoms with van der Waals surface area (Å²) in [5, 5.41) is 3.06. The van der Waals surface area contributed by atoms with Crippen LogP contribution in [0.2, 0.25) is 0 Å². The van der Waals surface area contributed by atoms with E-state index in [0.717, 1.165) is 23.4 Å². The van der Waals surface area contributed by atoms with Gasteiger partial charge in [-0.1, -0.05) is 0 Å². The van der Waals surface area contributed by atoms with Crippen molar-refractivity contribution >= 4 is 29.0 Å². The van der Waals surface area contributed by atoms with E-state index in [1.54, 1.807) is 24.3 Å². The molecule has 0 heterocycles. The molecule has 4 nitrogen and oxygen atoms in total. The Morgan fingerprint density at radius 2 is 1.67 bits per heavy atom. The number of thiocarbonyl (C=S) groups is 1. The molecule has 0 radical (unpaired) electrons. The van der Waals surface area contributed by atoms with Crippen molar-refractivity contribution in [2.24, 2.45) is 28.9 Å². The maximum Gasteiger partial charge on any atom is 0.338 e. The number of carbonyl (C=O) groups excluding carboxylic acids is 1. The van der Waals surface area contributed by atoms with Gasteiger partial charge >= 0.3 is 5.97 Å². The topological polar surface area (TPSA) is 64.3 Å². The molecular weight excluding hydrogens is 320 g/mol. The maximum atomic E-state index is 12.4. The zero-order valence-electron chi connectivity index (χ0n) is 13.8. The summed E-state index contributed by atoms with van der Waals surface area (Å²) in [7, 11) is 0. The summed E-state index contributed by atoms with van der Waals surface area (Å²) >= 11 is 4.80. The van der Waals surface area contributed by atoms with Gasteiger partial charge in [0.15, 0.2) is 5.11 Å². The first-order valence-electron chi connectivity index (χ1n) is 8.85. The number of anilines is 1. The van der Waals surface area contributed by atoms with Crippen molar-refractivity contribution in [2.75, 3.05) is 11.9 Å². The number of carbonyl (C=O) groups is 1. The number of nitrogens with two attached hydrogens (primary N) is 1. The van der Waals surface area contributed by atoms with E-state index in [2.05, 4.69) is 5.32 Å². The van der Waals surface area contributed by atoms with Crippen LogP contribution < -0.4 is 11.1 Å². The predicted molar refractivity (Wildman–Crippen MR) is 97.7 cm³/mol. The Bertz CT molecular complexity index is 621. The fourth-order valence-corrected chi connectivity index (χ4v) is 5.72. The third-order valence-corrected chi connectivity index (χ3v) is 6.16. The lowest BCUT2D eigenvalue weighted by molar-refractivity contribution is -0.0848. The molecule has 1 aromatic rings. The number of hydrogen-bond acceptors (Lipinski definition) is 3. The Labute approximate surface area is 148 Å². The zero-order chi connectivity index (χ0) is 16.7. The van der Waals surface area contributed by atoms with E-state index in [1.165, 1.54) is 38.5 Å². The molecule has 24 heavy (non-hydrogen) atoms. The summed E-state index contributed by atoms with van der Waals surface area (Å²) < 4.78 is 5.72. The fourth-order valence-electron chi connectivity index (χ4n) is 5.60. The van der Waals surface area contributed by atoms with Crippen LogP contribution in [-0.4, -0.2) is 17.7 Å².